The molecule has 4 heteroatoms. The molecule has 0 aliphatic carbocycles. The largest absolute Gasteiger partial charge is 0.314 e. The van der Waals surface area contributed by atoms with Crippen LogP contribution in [0, 0.1) is 5.82 Å². The van der Waals surface area contributed by atoms with Gasteiger partial charge in [0.2, 0.25) is 0 Å². The van der Waals surface area contributed by atoms with E-state index in [2.05, 4.69) is 39.2 Å². The van der Waals surface area contributed by atoms with Gasteiger partial charge in [-0.15, -0.1) is 0 Å². The number of likely N-dealkylation sites (N-methyl/N-ethyl adjacent to an activating group) is 1. The molecule has 0 spiro atoms. The number of nitrogens with zero attached hydrogens (tertiary/aromatic N) is 1. The van der Waals surface area contributed by atoms with Gasteiger partial charge >= 0.3 is 0 Å². The molecule has 0 aliphatic rings. The molecule has 0 bridgehead atoms. The van der Waals surface area contributed by atoms with E-state index in [-0.39, 0.29) is 11.9 Å². The number of nitrogens with one attached hydrogen (secondary N) is 1. The van der Waals surface area contributed by atoms with Gasteiger partial charge in [-0.05, 0) is 58.6 Å². The fourth-order valence-corrected chi connectivity index (χ4v) is 2.70. The summed E-state index contributed by atoms with van der Waals surface area (Å²) in [6, 6.07) is 9.21. The molecule has 1 atom stereocenters. The number of rotatable bonds is 6. The predicted molar refractivity (Wildman–Crippen MR) is 83.2 cm³/mol. The monoisotopic (exact) mass is 336 g/mol. The zero-order valence-corrected chi connectivity index (χ0v) is 13.0. The number of hydrogen-bond donors (Lipinski definition) is 1. The van der Waals surface area contributed by atoms with Crippen molar-refractivity contribution in [1.82, 2.24) is 10.3 Å². The fourth-order valence-electron chi connectivity index (χ4n) is 2.29. The van der Waals surface area contributed by atoms with Crippen LogP contribution < -0.4 is 5.32 Å². The Morgan fingerprint density at radius 3 is 2.75 bits per heavy atom. The Labute approximate surface area is 127 Å². The SMILES string of the molecule is CCNC(Cc1cncc(Br)c1)Cc1ccccc1F. The van der Waals surface area contributed by atoms with Crippen LogP contribution in [0.1, 0.15) is 18.1 Å². The van der Waals surface area contributed by atoms with E-state index in [4.69, 9.17) is 0 Å². The van der Waals surface area contributed by atoms with Gasteiger partial charge in [0.15, 0.2) is 0 Å². The third-order valence-electron chi connectivity index (χ3n) is 3.16. The van der Waals surface area contributed by atoms with E-state index in [0.29, 0.717) is 6.42 Å². The van der Waals surface area contributed by atoms with Gasteiger partial charge in [-0.2, -0.15) is 0 Å². The third-order valence-corrected chi connectivity index (χ3v) is 3.59. The van der Waals surface area contributed by atoms with Crippen molar-refractivity contribution < 1.29 is 4.39 Å². The van der Waals surface area contributed by atoms with E-state index >= 15 is 0 Å². The molecular weight excluding hydrogens is 319 g/mol. The lowest BCUT2D eigenvalue weighted by Crippen LogP contribution is -2.33. The van der Waals surface area contributed by atoms with Crippen molar-refractivity contribution in [3.8, 4) is 0 Å². The quantitative estimate of drug-likeness (QED) is 0.868. The average Bonchev–Trinajstić information content (AvgIpc) is 2.42. The Bertz CT molecular complexity index is 560. The maximum Gasteiger partial charge on any atom is 0.126 e. The second kappa shape index (κ2) is 7.50. The van der Waals surface area contributed by atoms with Crippen LogP contribution in [0.3, 0.4) is 0 Å². The van der Waals surface area contributed by atoms with Crippen LogP contribution in [0.25, 0.3) is 0 Å². The van der Waals surface area contributed by atoms with Gasteiger partial charge in [0.25, 0.3) is 0 Å². The first-order valence-electron chi connectivity index (χ1n) is 6.75. The van der Waals surface area contributed by atoms with Gasteiger partial charge < -0.3 is 5.32 Å². The van der Waals surface area contributed by atoms with E-state index in [1.165, 1.54) is 6.07 Å². The van der Waals surface area contributed by atoms with Crippen LogP contribution in [-0.2, 0) is 12.8 Å². The van der Waals surface area contributed by atoms with Crippen LogP contribution in [0.5, 0.6) is 0 Å². The minimum atomic E-state index is -0.136. The van der Waals surface area contributed by atoms with Gasteiger partial charge in [-0.1, -0.05) is 25.1 Å². The molecule has 106 valence electrons. The van der Waals surface area contributed by atoms with Crippen molar-refractivity contribution >= 4 is 15.9 Å². The molecule has 1 aromatic carbocycles. The average molecular weight is 337 g/mol. The van der Waals surface area contributed by atoms with E-state index in [1.807, 2.05) is 18.3 Å². The molecule has 1 unspecified atom stereocenters. The van der Waals surface area contributed by atoms with Crippen molar-refractivity contribution in [2.24, 2.45) is 0 Å². The lowest BCUT2D eigenvalue weighted by molar-refractivity contribution is 0.505. The highest BCUT2D eigenvalue weighted by molar-refractivity contribution is 9.10. The van der Waals surface area contributed by atoms with Crippen LogP contribution in [0.2, 0.25) is 0 Å². The van der Waals surface area contributed by atoms with Crippen molar-refractivity contribution in [3.05, 3.63) is 64.1 Å². The summed E-state index contributed by atoms with van der Waals surface area (Å²) in [6.07, 6.45) is 5.13. The minimum absolute atomic E-state index is 0.136. The van der Waals surface area contributed by atoms with Crippen LogP contribution in [-0.4, -0.2) is 17.6 Å². The van der Waals surface area contributed by atoms with Gasteiger partial charge in [-0.3, -0.25) is 4.98 Å². The lowest BCUT2D eigenvalue weighted by Gasteiger charge is -2.18. The normalized spacial score (nSPS) is 12.3. The number of pyridine rings is 1. The summed E-state index contributed by atoms with van der Waals surface area (Å²) in [5, 5.41) is 3.42. The Balaban J connectivity index is 2.09. The maximum absolute atomic E-state index is 13.7. The highest BCUT2D eigenvalue weighted by Gasteiger charge is 2.12. The zero-order valence-electron chi connectivity index (χ0n) is 11.4. The van der Waals surface area contributed by atoms with Crippen molar-refractivity contribution in [1.29, 1.82) is 0 Å². The lowest BCUT2D eigenvalue weighted by atomic mass is 9.99. The molecule has 0 amide bonds. The van der Waals surface area contributed by atoms with E-state index in [9.17, 15) is 4.39 Å². The maximum atomic E-state index is 13.7. The summed E-state index contributed by atoms with van der Waals surface area (Å²) in [5.74, 6) is -0.136. The molecule has 0 aliphatic heterocycles. The molecule has 1 heterocycles. The molecule has 0 saturated heterocycles. The van der Waals surface area contributed by atoms with Crippen LogP contribution in [0.4, 0.5) is 4.39 Å². The van der Waals surface area contributed by atoms with E-state index < -0.39 is 0 Å². The molecule has 0 radical (unpaired) electrons. The first-order valence-corrected chi connectivity index (χ1v) is 7.54. The predicted octanol–water partition coefficient (Wildman–Crippen LogP) is 3.75. The summed E-state index contributed by atoms with van der Waals surface area (Å²) in [4.78, 5) is 4.17. The Kier molecular flexibility index (Phi) is 5.68. The Morgan fingerprint density at radius 1 is 1.25 bits per heavy atom. The molecule has 1 aromatic heterocycles. The summed E-state index contributed by atoms with van der Waals surface area (Å²) in [7, 11) is 0. The molecule has 2 rings (SSSR count). The number of halogens is 2. The summed E-state index contributed by atoms with van der Waals surface area (Å²) in [5.41, 5.74) is 1.89. The molecule has 20 heavy (non-hydrogen) atoms. The second-order valence-corrected chi connectivity index (χ2v) is 5.68. The smallest absolute Gasteiger partial charge is 0.126 e. The molecule has 0 fully saturated rings. The van der Waals surface area contributed by atoms with Gasteiger partial charge in [-0.25, -0.2) is 4.39 Å². The highest BCUT2D eigenvalue weighted by Crippen LogP contribution is 2.15. The minimum Gasteiger partial charge on any atom is -0.314 e. The van der Waals surface area contributed by atoms with Crippen molar-refractivity contribution in [2.45, 2.75) is 25.8 Å². The number of benzene rings is 1. The van der Waals surface area contributed by atoms with Crippen LogP contribution in [0.15, 0.2) is 47.2 Å². The number of aromatic nitrogens is 1. The molecule has 1 N–H and O–H groups in total. The second-order valence-electron chi connectivity index (χ2n) is 4.77. The summed E-state index contributed by atoms with van der Waals surface area (Å²) in [6.45, 7) is 2.92. The van der Waals surface area contributed by atoms with Gasteiger partial charge in [0.05, 0.1) is 0 Å². The van der Waals surface area contributed by atoms with Crippen molar-refractivity contribution in [2.75, 3.05) is 6.54 Å². The molecule has 2 nitrogen and oxygen atoms in total. The first kappa shape index (κ1) is 15.1. The molecule has 2 aromatic rings. The number of hydrogen-bond acceptors (Lipinski definition) is 2. The topological polar surface area (TPSA) is 24.9 Å². The summed E-state index contributed by atoms with van der Waals surface area (Å²) >= 11 is 3.43. The fraction of sp³-hybridized carbons (Fsp3) is 0.312. The zero-order chi connectivity index (χ0) is 14.4. The molecule has 0 saturated carbocycles. The standard InChI is InChI=1S/C16H18BrFN2/c1-2-20-15(8-12-7-14(17)11-19-10-12)9-13-5-3-4-6-16(13)18/h3-7,10-11,15,20H,2,8-9H2,1H3. The van der Waals surface area contributed by atoms with Gasteiger partial charge in [0, 0.05) is 22.9 Å². The molecular formula is C16H18BrFN2. The van der Waals surface area contributed by atoms with E-state index in [1.54, 1.807) is 12.3 Å². The Hall–Kier alpha value is -1.26. The van der Waals surface area contributed by atoms with E-state index in [0.717, 1.165) is 28.6 Å². The van der Waals surface area contributed by atoms with Gasteiger partial charge in [0.1, 0.15) is 5.82 Å². The first-order chi connectivity index (χ1) is 9.69. The Morgan fingerprint density at radius 2 is 2.05 bits per heavy atom. The van der Waals surface area contributed by atoms with Crippen LogP contribution >= 0.6 is 15.9 Å². The third kappa shape index (κ3) is 4.39. The van der Waals surface area contributed by atoms with Crippen molar-refractivity contribution in [3.63, 3.8) is 0 Å². The highest BCUT2D eigenvalue weighted by atomic mass is 79.9. The summed E-state index contributed by atoms with van der Waals surface area (Å²) < 4.78 is 14.7.